The molecule has 0 radical (unpaired) electrons. The minimum Gasteiger partial charge on any atom is -0.276 e. The van der Waals surface area contributed by atoms with E-state index in [4.69, 9.17) is 11.6 Å². The van der Waals surface area contributed by atoms with Crippen LogP contribution in [0.5, 0.6) is 0 Å². The molecule has 0 atom stereocenters. The van der Waals surface area contributed by atoms with Crippen molar-refractivity contribution in [3.8, 4) is 0 Å². The summed E-state index contributed by atoms with van der Waals surface area (Å²) >= 11 is 8.33. The summed E-state index contributed by atoms with van der Waals surface area (Å²) in [7, 11) is -3.62. The number of nitro groups is 1. The molecule has 0 unspecified atom stereocenters. The Morgan fingerprint density at radius 2 is 2.12 bits per heavy atom. The van der Waals surface area contributed by atoms with Crippen LogP contribution in [0, 0.1) is 10.1 Å². The van der Waals surface area contributed by atoms with Crippen LogP contribution >= 0.6 is 27.5 Å². The van der Waals surface area contributed by atoms with Gasteiger partial charge in [0.1, 0.15) is 10.3 Å². The quantitative estimate of drug-likeness (QED) is 0.521. The van der Waals surface area contributed by atoms with Crippen molar-refractivity contribution >= 4 is 48.9 Å². The molecule has 1 aromatic carbocycles. The third-order valence-electron chi connectivity index (χ3n) is 1.57. The van der Waals surface area contributed by atoms with Crippen molar-refractivity contribution in [3.05, 3.63) is 33.3 Å². The highest BCUT2D eigenvalue weighted by molar-refractivity contribution is 9.10. The number of rotatable bonds is 4. The lowest BCUT2D eigenvalue weighted by Gasteiger charge is -2.05. The number of nitrogens with one attached hydrogen (secondary N) is 1. The summed E-state index contributed by atoms with van der Waals surface area (Å²) in [6.45, 7) is 0. The minimum atomic E-state index is -3.62. The first-order valence-corrected chi connectivity index (χ1v) is 7.01. The van der Waals surface area contributed by atoms with Gasteiger partial charge in [-0.25, -0.2) is 8.42 Å². The smallest absolute Gasteiger partial charge is 0.276 e. The van der Waals surface area contributed by atoms with Crippen LogP contribution in [0.2, 0.25) is 5.02 Å². The first kappa shape index (κ1) is 13.2. The SMILES string of the molecule is O=[N+]([O-])c1cc(Cl)ccc1NS(=O)(=O)CBr. The first-order valence-electron chi connectivity index (χ1n) is 3.86. The lowest BCUT2D eigenvalue weighted by molar-refractivity contribution is -0.383. The van der Waals surface area contributed by atoms with Crippen molar-refractivity contribution < 1.29 is 13.3 Å². The summed E-state index contributed by atoms with van der Waals surface area (Å²) in [6.07, 6.45) is 0. The van der Waals surface area contributed by atoms with E-state index in [-0.39, 0.29) is 15.4 Å². The Morgan fingerprint density at radius 3 is 2.62 bits per heavy atom. The summed E-state index contributed by atoms with van der Waals surface area (Å²) in [5.74, 6) is 0. The van der Waals surface area contributed by atoms with Gasteiger partial charge in [0.25, 0.3) is 5.69 Å². The molecule has 0 saturated heterocycles. The Morgan fingerprint density at radius 1 is 1.50 bits per heavy atom. The number of nitrogens with zero attached hydrogens (tertiary/aromatic N) is 1. The van der Waals surface area contributed by atoms with E-state index in [1.165, 1.54) is 12.1 Å². The van der Waals surface area contributed by atoms with Gasteiger partial charge in [-0.05, 0) is 12.1 Å². The largest absolute Gasteiger partial charge is 0.294 e. The van der Waals surface area contributed by atoms with E-state index >= 15 is 0 Å². The summed E-state index contributed by atoms with van der Waals surface area (Å²) in [6, 6.07) is 3.68. The maximum Gasteiger partial charge on any atom is 0.294 e. The number of alkyl halides is 1. The third kappa shape index (κ3) is 3.32. The Kier molecular flexibility index (Phi) is 4.11. The normalized spacial score (nSPS) is 11.1. The fourth-order valence-corrected chi connectivity index (χ4v) is 2.01. The fraction of sp³-hybridized carbons (Fsp3) is 0.143. The molecule has 16 heavy (non-hydrogen) atoms. The lowest BCUT2D eigenvalue weighted by Crippen LogP contribution is -2.14. The molecule has 0 fully saturated rings. The van der Waals surface area contributed by atoms with Crippen molar-refractivity contribution in [1.29, 1.82) is 0 Å². The predicted octanol–water partition coefficient (Wildman–Crippen LogP) is 2.34. The second kappa shape index (κ2) is 4.98. The summed E-state index contributed by atoms with van der Waals surface area (Å²) in [4.78, 5) is 9.94. The van der Waals surface area contributed by atoms with Gasteiger partial charge in [-0.15, -0.1) is 0 Å². The van der Waals surface area contributed by atoms with Gasteiger partial charge in [-0.3, -0.25) is 14.8 Å². The molecule has 6 nitrogen and oxygen atoms in total. The zero-order valence-corrected chi connectivity index (χ0v) is 10.8. The van der Waals surface area contributed by atoms with Crippen LogP contribution in [0.3, 0.4) is 0 Å². The van der Waals surface area contributed by atoms with Crippen LogP contribution in [0.15, 0.2) is 18.2 Å². The van der Waals surface area contributed by atoms with Gasteiger partial charge in [-0.2, -0.15) is 0 Å². The first-order chi connectivity index (χ1) is 7.35. The van der Waals surface area contributed by atoms with Crippen LogP contribution in [-0.4, -0.2) is 18.0 Å². The standard InChI is InChI=1S/C7H6BrClN2O4S/c8-4-16(14,15)10-6-2-1-5(9)3-7(6)11(12)13/h1-3,10H,4H2. The number of halogens is 2. The zero-order valence-electron chi connectivity index (χ0n) is 7.68. The summed E-state index contributed by atoms with van der Waals surface area (Å²) in [5, 5.41) is 10.8. The number of hydrogen-bond donors (Lipinski definition) is 1. The number of nitro benzene ring substituents is 1. The van der Waals surface area contributed by atoms with Crippen LogP contribution in [0.4, 0.5) is 11.4 Å². The van der Waals surface area contributed by atoms with Gasteiger partial charge in [0.05, 0.1) is 4.92 Å². The molecule has 0 aromatic heterocycles. The molecule has 1 aromatic rings. The molecular formula is C7H6BrClN2O4S. The Labute approximate surface area is 105 Å². The van der Waals surface area contributed by atoms with Crippen LogP contribution in [0.1, 0.15) is 0 Å². The van der Waals surface area contributed by atoms with Crippen molar-refractivity contribution in [1.82, 2.24) is 0 Å². The molecule has 0 amide bonds. The highest BCUT2D eigenvalue weighted by Gasteiger charge is 2.18. The Hall–Kier alpha value is -0.860. The fourth-order valence-electron chi connectivity index (χ4n) is 0.937. The van der Waals surface area contributed by atoms with E-state index < -0.39 is 20.6 Å². The average molecular weight is 330 g/mol. The highest BCUT2D eigenvalue weighted by Crippen LogP contribution is 2.28. The molecule has 0 saturated carbocycles. The lowest BCUT2D eigenvalue weighted by atomic mass is 10.3. The third-order valence-corrected chi connectivity index (χ3v) is 4.43. The maximum absolute atomic E-state index is 11.2. The van der Waals surface area contributed by atoms with E-state index in [1.54, 1.807) is 0 Å². The highest BCUT2D eigenvalue weighted by atomic mass is 79.9. The monoisotopic (exact) mass is 328 g/mol. The van der Waals surface area contributed by atoms with Crippen molar-refractivity contribution in [2.24, 2.45) is 0 Å². The van der Waals surface area contributed by atoms with Crippen LogP contribution in [-0.2, 0) is 10.0 Å². The van der Waals surface area contributed by atoms with E-state index in [9.17, 15) is 18.5 Å². The topological polar surface area (TPSA) is 89.3 Å². The molecular weight excluding hydrogens is 324 g/mol. The van der Waals surface area contributed by atoms with Gasteiger partial charge in [0.2, 0.25) is 10.0 Å². The van der Waals surface area contributed by atoms with Crippen molar-refractivity contribution in [2.75, 3.05) is 9.38 Å². The predicted molar refractivity (Wildman–Crippen MR) is 64.4 cm³/mol. The number of sulfonamides is 1. The van der Waals surface area contributed by atoms with E-state index in [2.05, 4.69) is 20.7 Å². The molecule has 0 aliphatic carbocycles. The average Bonchev–Trinajstić information content (AvgIpc) is 2.20. The van der Waals surface area contributed by atoms with Gasteiger partial charge >= 0.3 is 0 Å². The molecule has 0 bridgehead atoms. The Balaban J connectivity index is 3.19. The second-order valence-electron chi connectivity index (χ2n) is 2.74. The van der Waals surface area contributed by atoms with Crippen LogP contribution in [0.25, 0.3) is 0 Å². The van der Waals surface area contributed by atoms with Gasteiger partial charge in [0.15, 0.2) is 0 Å². The summed E-state index contributed by atoms with van der Waals surface area (Å²) < 4.78 is 24.2. The van der Waals surface area contributed by atoms with Crippen molar-refractivity contribution in [2.45, 2.75) is 0 Å². The van der Waals surface area contributed by atoms with E-state index in [0.29, 0.717) is 0 Å². The number of benzene rings is 1. The minimum absolute atomic E-state index is 0.117. The molecule has 1 N–H and O–H groups in total. The van der Waals surface area contributed by atoms with Gasteiger partial charge < -0.3 is 0 Å². The van der Waals surface area contributed by atoms with Crippen LogP contribution < -0.4 is 4.72 Å². The van der Waals surface area contributed by atoms with Gasteiger partial charge in [0, 0.05) is 11.1 Å². The molecule has 9 heteroatoms. The number of anilines is 1. The molecule has 0 heterocycles. The van der Waals surface area contributed by atoms with Crippen molar-refractivity contribution in [3.63, 3.8) is 0 Å². The zero-order chi connectivity index (χ0) is 12.3. The van der Waals surface area contributed by atoms with Gasteiger partial charge in [-0.1, -0.05) is 27.5 Å². The second-order valence-corrected chi connectivity index (χ2v) is 6.21. The molecule has 0 spiro atoms. The number of hydrogen-bond acceptors (Lipinski definition) is 4. The molecule has 88 valence electrons. The van der Waals surface area contributed by atoms with E-state index in [1.807, 2.05) is 0 Å². The van der Waals surface area contributed by atoms with E-state index in [0.717, 1.165) is 6.07 Å². The maximum atomic E-state index is 11.2. The molecule has 1 rings (SSSR count). The molecule has 0 aliphatic rings. The summed E-state index contributed by atoms with van der Waals surface area (Å²) in [5.41, 5.74) is -0.508. The molecule has 0 aliphatic heterocycles. The Bertz CT molecular complexity index is 519.